The van der Waals surface area contributed by atoms with E-state index in [1.807, 2.05) is 0 Å². The number of rotatable bonds is 3. The predicted octanol–water partition coefficient (Wildman–Crippen LogP) is 1.94. The molecule has 9 heteroatoms. The lowest BCUT2D eigenvalue weighted by Crippen LogP contribution is -2.44. The lowest BCUT2D eigenvalue weighted by Gasteiger charge is -2.34. The molecule has 3 heterocycles. The summed E-state index contributed by atoms with van der Waals surface area (Å²) in [6.45, 7) is 0.675. The molecular weight excluding hydrogens is 384 g/mol. The van der Waals surface area contributed by atoms with Gasteiger partial charge in [0.2, 0.25) is 5.43 Å². The van der Waals surface area contributed by atoms with E-state index in [0.29, 0.717) is 13.1 Å². The Hall–Kier alpha value is -3.23. The summed E-state index contributed by atoms with van der Waals surface area (Å²) < 4.78 is 28.6. The van der Waals surface area contributed by atoms with Crippen LogP contribution in [0.25, 0.3) is 0 Å². The van der Waals surface area contributed by atoms with Gasteiger partial charge in [0.1, 0.15) is 5.56 Å². The number of nitrogens with one attached hydrogen (secondary N) is 1. The van der Waals surface area contributed by atoms with Gasteiger partial charge in [0.25, 0.3) is 11.8 Å². The van der Waals surface area contributed by atoms with Gasteiger partial charge < -0.3 is 19.9 Å². The van der Waals surface area contributed by atoms with Crippen molar-refractivity contribution in [2.45, 2.75) is 31.8 Å². The van der Waals surface area contributed by atoms with E-state index in [0.717, 1.165) is 25.3 Å². The first-order valence-corrected chi connectivity index (χ1v) is 9.37. The van der Waals surface area contributed by atoms with Gasteiger partial charge in [-0.15, -0.1) is 0 Å². The van der Waals surface area contributed by atoms with Gasteiger partial charge in [-0.05, 0) is 25.3 Å². The standard InChI is InChI=1S/C20H19F2N3O4/c21-14-6-3-4-11(15(14)22)8-23-19(28)13-10-25-12-5-1-2-7-24(9-12)20(29)16(25)18(27)17(13)26/h3-4,6,10,12,27H,1-2,5,7-9H2,(H,23,28). The van der Waals surface area contributed by atoms with Crippen molar-refractivity contribution in [3.05, 3.63) is 63.1 Å². The molecule has 2 aliphatic heterocycles. The number of carbonyl (C=O) groups excluding carboxylic acids is 2. The lowest BCUT2D eigenvalue weighted by molar-refractivity contribution is 0.0677. The second kappa shape index (κ2) is 7.31. The molecule has 0 spiro atoms. The molecule has 29 heavy (non-hydrogen) atoms. The Bertz CT molecular complexity index is 1070. The molecule has 1 aromatic carbocycles. The summed E-state index contributed by atoms with van der Waals surface area (Å²) in [6.07, 6.45) is 3.73. The maximum Gasteiger partial charge on any atom is 0.274 e. The monoisotopic (exact) mass is 403 g/mol. The zero-order valence-corrected chi connectivity index (χ0v) is 15.5. The molecule has 2 amide bonds. The molecule has 152 valence electrons. The Kier molecular flexibility index (Phi) is 4.81. The van der Waals surface area contributed by atoms with Crippen LogP contribution in [0.15, 0.2) is 29.2 Å². The third kappa shape index (κ3) is 3.26. The van der Waals surface area contributed by atoms with Crippen molar-refractivity contribution >= 4 is 11.8 Å². The first-order chi connectivity index (χ1) is 13.9. The first-order valence-electron chi connectivity index (χ1n) is 9.37. The van der Waals surface area contributed by atoms with Crippen molar-refractivity contribution in [2.24, 2.45) is 0 Å². The van der Waals surface area contributed by atoms with Crippen LogP contribution in [0.5, 0.6) is 5.75 Å². The molecule has 4 rings (SSSR count). The third-order valence-corrected chi connectivity index (χ3v) is 5.46. The summed E-state index contributed by atoms with van der Waals surface area (Å²) in [5, 5.41) is 12.8. The van der Waals surface area contributed by atoms with E-state index in [1.165, 1.54) is 22.9 Å². The molecule has 2 aliphatic rings. The summed E-state index contributed by atoms with van der Waals surface area (Å²) in [7, 11) is 0. The fraction of sp³-hybridized carbons (Fsp3) is 0.350. The van der Waals surface area contributed by atoms with Crippen LogP contribution in [0.2, 0.25) is 0 Å². The minimum atomic E-state index is -1.08. The van der Waals surface area contributed by atoms with Gasteiger partial charge in [0, 0.05) is 31.4 Å². The normalized spacial score (nSPS) is 18.2. The predicted molar refractivity (Wildman–Crippen MR) is 98.7 cm³/mol. The molecule has 1 atom stereocenters. The fourth-order valence-electron chi connectivity index (χ4n) is 3.92. The van der Waals surface area contributed by atoms with Gasteiger partial charge in [-0.1, -0.05) is 12.1 Å². The minimum absolute atomic E-state index is 0.0739. The van der Waals surface area contributed by atoms with E-state index in [-0.39, 0.29) is 29.4 Å². The minimum Gasteiger partial charge on any atom is -0.503 e. The number of hydrogen-bond donors (Lipinski definition) is 2. The lowest BCUT2D eigenvalue weighted by atomic mass is 10.1. The Morgan fingerprint density at radius 2 is 2.03 bits per heavy atom. The molecule has 2 bridgehead atoms. The van der Waals surface area contributed by atoms with Gasteiger partial charge in [0.15, 0.2) is 23.1 Å². The first kappa shape index (κ1) is 19.1. The number of fused-ring (bicyclic) bond motifs is 4. The largest absolute Gasteiger partial charge is 0.503 e. The molecule has 2 N–H and O–H groups in total. The van der Waals surface area contributed by atoms with E-state index < -0.39 is 34.6 Å². The van der Waals surface area contributed by atoms with Crippen LogP contribution in [-0.2, 0) is 6.54 Å². The second-order valence-corrected chi connectivity index (χ2v) is 7.27. The van der Waals surface area contributed by atoms with Crippen LogP contribution in [0.3, 0.4) is 0 Å². The molecule has 1 aromatic heterocycles. The van der Waals surface area contributed by atoms with E-state index >= 15 is 0 Å². The second-order valence-electron chi connectivity index (χ2n) is 7.27. The highest BCUT2D eigenvalue weighted by Gasteiger charge is 2.36. The topological polar surface area (TPSA) is 91.6 Å². The van der Waals surface area contributed by atoms with Crippen LogP contribution in [0.4, 0.5) is 8.78 Å². The van der Waals surface area contributed by atoms with Gasteiger partial charge in [-0.2, -0.15) is 0 Å². The van der Waals surface area contributed by atoms with Crippen molar-refractivity contribution in [2.75, 3.05) is 13.1 Å². The number of pyridine rings is 1. The zero-order chi connectivity index (χ0) is 20.7. The molecule has 2 aromatic rings. The van der Waals surface area contributed by atoms with Crippen LogP contribution < -0.4 is 10.7 Å². The third-order valence-electron chi connectivity index (χ3n) is 5.46. The maximum atomic E-state index is 13.8. The van der Waals surface area contributed by atoms with Gasteiger partial charge in [-0.3, -0.25) is 14.4 Å². The number of carbonyl (C=O) groups is 2. The smallest absolute Gasteiger partial charge is 0.274 e. The summed E-state index contributed by atoms with van der Waals surface area (Å²) in [5.41, 5.74) is -1.51. The number of halogens is 2. The van der Waals surface area contributed by atoms with Crippen LogP contribution in [0.1, 0.15) is 51.7 Å². The summed E-state index contributed by atoms with van der Waals surface area (Å²) in [4.78, 5) is 39.3. The van der Waals surface area contributed by atoms with E-state index in [1.54, 1.807) is 4.90 Å². The van der Waals surface area contributed by atoms with Gasteiger partial charge in [0.05, 0.1) is 6.04 Å². The average molecular weight is 403 g/mol. The summed E-state index contributed by atoms with van der Waals surface area (Å²) in [6, 6.07) is 3.43. The molecule has 0 radical (unpaired) electrons. The fourth-order valence-corrected chi connectivity index (χ4v) is 3.92. The Balaban J connectivity index is 1.67. The van der Waals surface area contributed by atoms with E-state index in [4.69, 9.17) is 0 Å². The number of aromatic nitrogens is 1. The molecule has 0 saturated carbocycles. The molecule has 7 nitrogen and oxygen atoms in total. The van der Waals surface area contributed by atoms with Crippen LogP contribution in [-0.4, -0.2) is 39.5 Å². The zero-order valence-electron chi connectivity index (χ0n) is 15.5. The summed E-state index contributed by atoms with van der Waals surface area (Å²) >= 11 is 0. The molecular formula is C20H19F2N3O4. The SMILES string of the molecule is O=C(NCc1cccc(F)c1F)c1cn2c(c(O)c1=O)C(=O)N1CCCCC2C1. The van der Waals surface area contributed by atoms with Crippen molar-refractivity contribution in [1.29, 1.82) is 0 Å². The Morgan fingerprint density at radius 1 is 1.24 bits per heavy atom. The van der Waals surface area contributed by atoms with Crippen LogP contribution in [0, 0.1) is 11.6 Å². The van der Waals surface area contributed by atoms with Crippen molar-refractivity contribution < 1.29 is 23.5 Å². The van der Waals surface area contributed by atoms with Crippen molar-refractivity contribution in [3.8, 4) is 5.75 Å². The van der Waals surface area contributed by atoms with Crippen molar-refractivity contribution in [1.82, 2.24) is 14.8 Å². The number of benzene rings is 1. The highest BCUT2D eigenvalue weighted by Crippen LogP contribution is 2.31. The maximum absolute atomic E-state index is 13.8. The number of amides is 2. The van der Waals surface area contributed by atoms with Crippen molar-refractivity contribution in [3.63, 3.8) is 0 Å². The van der Waals surface area contributed by atoms with Gasteiger partial charge >= 0.3 is 0 Å². The Labute approximate surface area is 164 Å². The Morgan fingerprint density at radius 3 is 2.83 bits per heavy atom. The quantitative estimate of drug-likeness (QED) is 0.820. The van der Waals surface area contributed by atoms with Crippen LogP contribution >= 0.6 is 0 Å². The number of aromatic hydroxyl groups is 1. The highest BCUT2D eigenvalue weighted by molar-refractivity contribution is 5.99. The number of hydrogen-bond acceptors (Lipinski definition) is 4. The van der Waals surface area contributed by atoms with E-state index in [9.17, 15) is 28.3 Å². The molecule has 1 fully saturated rings. The summed E-state index contributed by atoms with van der Waals surface area (Å²) in [5.74, 6) is -4.17. The highest BCUT2D eigenvalue weighted by atomic mass is 19.2. The number of nitrogens with zero attached hydrogens (tertiary/aromatic N) is 2. The van der Waals surface area contributed by atoms with Gasteiger partial charge in [-0.25, -0.2) is 8.78 Å². The molecule has 0 aliphatic carbocycles. The molecule has 1 unspecified atom stereocenters. The van der Waals surface area contributed by atoms with E-state index in [2.05, 4.69) is 5.32 Å². The molecule has 1 saturated heterocycles. The average Bonchev–Trinajstić information content (AvgIpc) is 2.93.